The zero-order chi connectivity index (χ0) is 66.0. The summed E-state index contributed by atoms with van der Waals surface area (Å²) in [5, 5.41) is 69.1. The van der Waals surface area contributed by atoms with Gasteiger partial charge in [0.1, 0.15) is 91.3 Å². The number of ether oxygens (including phenoxy) is 7. The number of carbonyl (C=O) groups excluding carboxylic acids is 3. The number of phosphoric ester groups is 4. The molecule has 15 N–H and O–H groups in total. The molecule has 89 heavy (non-hydrogen) atoms. The molecule has 0 radical (unpaired) electrons. The predicted octanol–water partition coefficient (Wildman–Crippen LogP) is -2.90. The van der Waals surface area contributed by atoms with Gasteiger partial charge in [0.2, 0.25) is 6.29 Å². The molecular weight excluding hydrogens is 1300 g/mol. The van der Waals surface area contributed by atoms with E-state index in [1.807, 2.05) is 0 Å². The molecule has 4 aliphatic heterocycles. The fourth-order valence-corrected chi connectivity index (χ4v) is 13.6. The summed E-state index contributed by atoms with van der Waals surface area (Å²) in [7, 11) is -22.4. The van der Waals surface area contributed by atoms with Crippen molar-refractivity contribution >= 4 is 83.2 Å². The Kier molecular flexibility index (Phi) is 23.2. The van der Waals surface area contributed by atoms with E-state index < -0.39 is 198 Å². The van der Waals surface area contributed by atoms with Gasteiger partial charge in [-0.1, -0.05) is 13.8 Å². The Hall–Kier alpha value is -4.95. The SMILES string of the molecule is CC(=O)OC[C@@H](OC(C)=O)C1O[C@@H](OP(=O)(O)OP(=O)(O)OC[C@H]2O[C@@H](n3cnc4c(N)ncnc43)[C@@H](F)C2O)C(OC(C)=O)[C@@H](C)[C@@H]1C.Nc1ncnc2c1ncn2[C@@H]1O[C@H](COP(=O)(O)OP(=O)(O)O[C@@H]2OC([C@H](O)CO)[C@@H](O)[C@H](O)C2O)C(O)[C@@H]1F. The number of aliphatic hydroxyl groups excluding tert-OH is 7. The molecule has 0 bridgehead atoms. The molecule has 4 aliphatic rings. The van der Waals surface area contributed by atoms with Crippen molar-refractivity contribution in [3.63, 3.8) is 0 Å². The van der Waals surface area contributed by atoms with Gasteiger partial charge < -0.3 is 99.9 Å². The van der Waals surface area contributed by atoms with E-state index >= 15 is 4.39 Å². The lowest BCUT2D eigenvalue weighted by Gasteiger charge is -2.45. The van der Waals surface area contributed by atoms with Crippen LogP contribution in [0, 0.1) is 11.8 Å². The molecule has 24 atom stereocenters. The summed E-state index contributed by atoms with van der Waals surface area (Å²) in [6, 6.07) is 0. The number of aliphatic hydroxyl groups is 7. The fraction of sp³-hybridized carbons (Fsp3) is 0.690. The molecule has 0 spiro atoms. The topological polar surface area (TPSA) is 601 Å². The molecule has 0 aliphatic carbocycles. The largest absolute Gasteiger partial charge is 0.483 e. The number of halogens is 2. The second kappa shape index (κ2) is 28.9. The first-order chi connectivity index (χ1) is 41.5. The number of fused-ring (bicyclic) bond motifs is 2. The lowest BCUT2D eigenvalue weighted by atomic mass is 9.81. The average Bonchev–Trinajstić information content (AvgIpc) is 2.07. The van der Waals surface area contributed by atoms with Crippen LogP contribution in [-0.4, -0.2) is 237 Å². The van der Waals surface area contributed by atoms with Crippen molar-refractivity contribution < 1.29 is 157 Å². The fourth-order valence-electron chi connectivity index (χ4n) is 9.25. The van der Waals surface area contributed by atoms with Gasteiger partial charge in [-0.25, -0.2) is 56.9 Å². The van der Waals surface area contributed by atoms with Crippen LogP contribution in [0.1, 0.15) is 47.1 Å². The predicted molar refractivity (Wildman–Crippen MR) is 279 cm³/mol. The Balaban J connectivity index is 0.000000259. The summed E-state index contributed by atoms with van der Waals surface area (Å²) in [6.07, 6.45) is -28.0. The van der Waals surface area contributed by atoms with Crippen LogP contribution >= 0.6 is 31.3 Å². The quantitative estimate of drug-likeness (QED) is 0.0201. The van der Waals surface area contributed by atoms with Gasteiger partial charge in [-0.3, -0.25) is 41.6 Å². The van der Waals surface area contributed by atoms with Crippen molar-refractivity contribution in [3.05, 3.63) is 25.3 Å². The molecule has 4 aromatic rings. The van der Waals surface area contributed by atoms with E-state index in [0.29, 0.717) is 0 Å². The Morgan fingerprint density at radius 3 is 1.52 bits per heavy atom. The maximum absolute atomic E-state index is 15.1. The van der Waals surface area contributed by atoms with E-state index in [9.17, 15) is 87.2 Å². The molecule has 0 aromatic carbocycles. The number of carbonyl (C=O) groups is 3. The Bertz CT molecular complexity index is 3350. The van der Waals surface area contributed by atoms with E-state index in [2.05, 4.69) is 47.6 Å². The number of alkyl halides is 2. The highest BCUT2D eigenvalue weighted by molar-refractivity contribution is 7.61. The number of imidazole rings is 2. The van der Waals surface area contributed by atoms with E-state index in [1.165, 1.54) is 0 Å². The number of anilines is 2. The first-order valence-electron chi connectivity index (χ1n) is 25.8. The monoisotopic (exact) mass is 1360 g/mol. The second-order valence-electron chi connectivity index (χ2n) is 19.9. The van der Waals surface area contributed by atoms with Crippen LogP contribution in [-0.2, 0) is 92.5 Å². The van der Waals surface area contributed by atoms with Crippen LogP contribution < -0.4 is 11.5 Å². The molecule has 4 fully saturated rings. The maximum Gasteiger partial charge on any atom is 0.483 e. The summed E-state index contributed by atoms with van der Waals surface area (Å²) >= 11 is 0. The third-order valence-electron chi connectivity index (χ3n) is 13.6. The highest BCUT2D eigenvalue weighted by atomic mass is 31.3. The Morgan fingerprint density at radius 1 is 0.618 bits per heavy atom. The van der Waals surface area contributed by atoms with Crippen molar-refractivity contribution in [1.82, 2.24) is 39.0 Å². The van der Waals surface area contributed by atoms with Crippen molar-refractivity contribution in [1.29, 1.82) is 0 Å². The Labute approximate surface area is 498 Å². The third-order valence-corrected chi connectivity index (χ3v) is 18.8. The number of hydrogen-bond donors (Lipinski definition) is 13. The lowest BCUT2D eigenvalue weighted by Crippen LogP contribution is -2.61. The van der Waals surface area contributed by atoms with Crippen molar-refractivity contribution in [2.24, 2.45) is 11.8 Å². The molecule has 4 aromatic heterocycles. The van der Waals surface area contributed by atoms with Crippen molar-refractivity contribution in [2.75, 3.05) is 37.9 Å². The number of nitrogens with two attached hydrogens (primary N) is 2. The van der Waals surface area contributed by atoms with Gasteiger partial charge in [0, 0.05) is 26.7 Å². The average molecular weight is 1360 g/mol. The van der Waals surface area contributed by atoms with Gasteiger partial charge >= 0.3 is 49.2 Å². The normalized spacial score (nSPS) is 34.0. The third kappa shape index (κ3) is 17.2. The summed E-state index contributed by atoms with van der Waals surface area (Å²) in [6.45, 7) is 2.85. The number of hydrogen-bond acceptors (Lipinski definition) is 35. The van der Waals surface area contributed by atoms with Crippen molar-refractivity contribution in [2.45, 2.75) is 145 Å². The number of aromatic nitrogens is 8. The highest BCUT2D eigenvalue weighted by Crippen LogP contribution is 2.63. The van der Waals surface area contributed by atoms with Crippen LogP contribution in [0.2, 0.25) is 0 Å². The summed E-state index contributed by atoms with van der Waals surface area (Å²) < 4.78 is 147. The molecule has 0 saturated carbocycles. The zero-order valence-electron chi connectivity index (χ0n) is 46.5. The molecule has 8 rings (SSSR count). The minimum atomic E-state index is -5.68. The van der Waals surface area contributed by atoms with E-state index in [4.69, 9.17) is 58.8 Å². The standard InChI is InChI=1S/C25H36FN5O16P2.C17H26FN5O15P2/c1-10-11(2)21(43-14(5)34)25(45-20(10)16(42-13(4)33)6-40-12(3)32)46-49(38,39)47-48(36,37)41-7-15-19(35)17(26)24(44-15)31-9-30-18-22(27)28-8-29-23(18)31;18-7-9(26)6(35-16(7)23-4-22-8-14(19)20-3-21-15(8)23)2-34-39(30,31)38-40(32,33)37-17-12(29)10(27)11(28)13(36-17)5(25)1-24/h8-11,15-17,19-21,24-25,35H,6-7H2,1-5H3,(H,36,37)(H,38,39)(H2,27,28,29);3-7,9-13,16-17,24-29H,1-2H2,(H,30,31)(H,32,33)(H2,19,20,21)/t10-,11-,15+,16+,17-,19?,20?,21?,24+,25-;5-,6-,7+,9?,10+,11+,12?,13?,16-,17+/m01/s1. The van der Waals surface area contributed by atoms with Gasteiger partial charge in [0.15, 0.2) is 66.2 Å². The number of phosphoric acid groups is 4. The summed E-state index contributed by atoms with van der Waals surface area (Å²) in [5.74, 6) is -3.72. The first kappa shape index (κ1) is 71.5. The molecular formula is C42H62F2N10O31P4. The lowest BCUT2D eigenvalue weighted by molar-refractivity contribution is -0.292. The molecule has 0 amide bonds. The first-order valence-corrected chi connectivity index (χ1v) is 31.8. The molecule has 10 unspecified atom stereocenters. The minimum Gasteiger partial charge on any atom is -0.462 e. The number of nitrogen functional groups attached to an aromatic ring is 2. The summed E-state index contributed by atoms with van der Waals surface area (Å²) in [4.78, 5) is 99.0. The highest BCUT2D eigenvalue weighted by Gasteiger charge is 2.54. The van der Waals surface area contributed by atoms with Gasteiger partial charge in [0.05, 0.1) is 32.5 Å². The number of nitrogens with zero attached hydrogens (tertiary/aromatic N) is 8. The Morgan fingerprint density at radius 2 is 1.08 bits per heavy atom. The van der Waals surface area contributed by atoms with Crippen LogP contribution in [0.15, 0.2) is 25.3 Å². The molecule has 47 heteroatoms. The van der Waals surface area contributed by atoms with Gasteiger partial charge in [-0.2, -0.15) is 8.62 Å². The minimum absolute atomic E-state index is 0.00453. The molecule has 4 saturated heterocycles. The molecule has 41 nitrogen and oxygen atoms in total. The smallest absolute Gasteiger partial charge is 0.462 e. The van der Waals surface area contributed by atoms with Gasteiger partial charge in [-0.15, -0.1) is 0 Å². The van der Waals surface area contributed by atoms with Gasteiger partial charge in [0.25, 0.3) is 0 Å². The number of esters is 3. The van der Waals surface area contributed by atoms with Crippen LogP contribution in [0.3, 0.4) is 0 Å². The van der Waals surface area contributed by atoms with E-state index in [0.717, 1.165) is 55.2 Å². The van der Waals surface area contributed by atoms with Crippen LogP contribution in [0.5, 0.6) is 0 Å². The summed E-state index contributed by atoms with van der Waals surface area (Å²) in [5.41, 5.74) is 11.8. The van der Waals surface area contributed by atoms with Crippen LogP contribution in [0.4, 0.5) is 20.4 Å². The molecule has 500 valence electrons. The van der Waals surface area contributed by atoms with E-state index in [-0.39, 0.29) is 34.0 Å². The number of rotatable bonds is 23. The second-order valence-corrected chi connectivity index (χ2v) is 25.9. The van der Waals surface area contributed by atoms with Crippen LogP contribution in [0.25, 0.3) is 22.3 Å². The van der Waals surface area contributed by atoms with Crippen molar-refractivity contribution in [3.8, 4) is 0 Å². The van der Waals surface area contributed by atoms with Gasteiger partial charge in [-0.05, 0) is 5.92 Å². The molecule has 8 heterocycles. The zero-order valence-corrected chi connectivity index (χ0v) is 50.1. The van der Waals surface area contributed by atoms with E-state index in [1.54, 1.807) is 13.8 Å². The maximum atomic E-state index is 15.1.